The molecule has 0 aliphatic heterocycles. The van der Waals surface area contributed by atoms with E-state index in [1.807, 2.05) is 0 Å². The van der Waals surface area contributed by atoms with Crippen LogP contribution in [0.5, 0.6) is 0 Å². The van der Waals surface area contributed by atoms with Gasteiger partial charge in [0.25, 0.3) is 0 Å². The summed E-state index contributed by atoms with van der Waals surface area (Å²) in [5.41, 5.74) is 0. The van der Waals surface area contributed by atoms with Crippen LogP contribution in [0, 0.1) is 5.92 Å². The maximum atomic E-state index is 4.11. The zero-order valence-corrected chi connectivity index (χ0v) is 10.00. The molecule has 1 aromatic heterocycles. The number of aromatic amines is 1. The van der Waals surface area contributed by atoms with Gasteiger partial charge < -0.3 is 0 Å². The van der Waals surface area contributed by atoms with Crippen LogP contribution in [0.2, 0.25) is 0 Å². The molecule has 0 saturated carbocycles. The van der Waals surface area contributed by atoms with Gasteiger partial charge >= 0.3 is 0 Å². The third kappa shape index (κ3) is 5.55. The first kappa shape index (κ1) is 12.2. The third-order valence-corrected chi connectivity index (χ3v) is 2.86. The fourth-order valence-electron chi connectivity index (χ4n) is 1.95. The lowest BCUT2D eigenvalue weighted by atomic mass is 9.98. The Kier molecular flexibility index (Phi) is 6.05. The molecule has 1 N–H and O–H groups in total. The van der Waals surface area contributed by atoms with Gasteiger partial charge in [-0.1, -0.05) is 46.0 Å². The fraction of sp³-hybridized carbons (Fsp3) is 0.833. The molecule has 0 radical (unpaired) electrons. The Morgan fingerprint density at radius 3 is 2.80 bits per heavy atom. The van der Waals surface area contributed by atoms with Crippen LogP contribution >= 0.6 is 0 Å². The number of hydrogen-bond acceptors (Lipinski definition) is 2. The van der Waals surface area contributed by atoms with E-state index in [-0.39, 0.29) is 0 Å². The monoisotopic (exact) mass is 209 g/mol. The number of aryl methyl sites for hydroxylation is 1. The average Bonchev–Trinajstić information content (AvgIpc) is 2.70. The van der Waals surface area contributed by atoms with Crippen LogP contribution in [-0.4, -0.2) is 15.2 Å². The van der Waals surface area contributed by atoms with Gasteiger partial charge in [-0.15, -0.1) is 0 Å². The van der Waals surface area contributed by atoms with Crippen molar-refractivity contribution >= 4 is 0 Å². The van der Waals surface area contributed by atoms with Crippen molar-refractivity contribution in [2.45, 2.75) is 58.8 Å². The Morgan fingerprint density at radius 1 is 1.27 bits per heavy atom. The summed E-state index contributed by atoms with van der Waals surface area (Å²) < 4.78 is 0. The molecule has 3 heteroatoms. The number of nitrogens with zero attached hydrogens (tertiary/aromatic N) is 2. The Bertz CT molecular complexity index is 231. The van der Waals surface area contributed by atoms with E-state index in [4.69, 9.17) is 0 Å². The first-order valence-corrected chi connectivity index (χ1v) is 6.17. The SMILES string of the molecule is CCCC(C)CCCCCc1ncn[nH]1. The predicted molar refractivity (Wildman–Crippen MR) is 62.6 cm³/mol. The number of nitrogens with one attached hydrogen (secondary N) is 1. The molecule has 0 spiro atoms. The smallest absolute Gasteiger partial charge is 0.137 e. The summed E-state index contributed by atoms with van der Waals surface area (Å²) in [5.74, 6) is 1.93. The van der Waals surface area contributed by atoms with E-state index in [9.17, 15) is 0 Å². The van der Waals surface area contributed by atoms with Gasteiger partial charge in [0.2, 0.25) is 0 Å². The van der Waals surface area contributed by atoms with Crippen LogP contribution in [-0.2, 0) is 6.42 Å². The number of rotatable bonds is 8. The maximum absolute atomic E-state index is 4.11. The molecule has 86 valence electrons. The highest BCUT2D eigenvalue weighted by Gasteiger charge is 2.00. The third-order valence-electron chi connectivity index (χ3n) is 2.86. The zero-order valence-electron chi connectivity index (χ0n) is 10.00. The summed E-state index contributed by atoms with van der Waals surface area (Å²) in [6.45, 7) is 4.63. The van der Waals surface area contributed by atoms with Crippen molar-refractivity contribution in [3.05, 3.63) is 12.2 Å². The molecule has 1 heterocycles. The van der Waals surface area contributed by atoms with Crippen molar-refractivity contribution in [1.29, 1.82) is 0 Å². The first-order valence-electron chi connectivity index (χ1n) is 6.17. The minimum absolute atomic E-state index is 0.903. The molecule has 0 bridgehead atoms. The van der Waals surface area contributed by atoms with Crippen molar-refractivity contribution in [1.82, 2.24) is 15.2 Å². The predicted octanol–water partition coefficient (Wildman–Crippen LogP) is 3.34. The lowest BCUT2D eigenvalue weighted by Crippen LogP contribution is -1.94. The Labute approximate surface area is 92.7 Å². The van der Waals surface area contributed by atoms with E-state index in [0.717, 1.165) is 18.2 Å². The molecule has 0 aliphatic carbocycles. The van der Waals surface area contributed by atoms with Crippen molar-refractivity contribution in [2.24, 2.45) is 5.92 Å². The van der Waals surface area contributed by atoms with Gasteiger partial charge in [-0.3, -0.25) is 5.10 Å². The molecule has 1 atom stereocenters. The summed E-state index contributed by atoms with van der Waals surface area (Å²) in [6.07, 6.45) is 10.6. The molecular weight excluding hydrogens is 186 g/mol. The largest absolute Gasteiger partial charge is 0.263 e. The van der Waals surface area contributed by atoms with Crippen LogP contribution in [0.4, 0.5) is 0 Å². The minimum Gasteiger partial charge on any atom is -0.263 e. The van der Waals surface area contributed by atoms with Gasteiger partial charge in [0, 0.05) is 6.42 Å². The second-order valence-electron chi connectivity index (χ2n) is 4.43. The first-order chi connectivity index (χ1) is 7.33. The molecule has 0 aromatic carbocycles. The van der Waals surface area contributed by atoms with E-state index in [0.29, 0.717) is 0 Å². The summed E-state index contributed by atoms with van der Waals surface area (Å²) in [6, 6.07) is 0. The Morgan fingerprint density at radius 2 is 2.13 bits per heavy atom. The van der Waals surface area contributed by atoms with Crippen molar-refractivity contribution in [2.75, 3.05) is 0 Å². The molecule has 0 fully saturated rings. The topological polar surface area (TPSA) is 41.6 Å². The van der Waals surface area contributed by atoms with E-state index >= 15 is 0 Å². The highest BCUT2D eigenvalue weighted by atomic mass is 15.2. The molecule has 0 amide bonds. The maximum Gasteiger partial charge on any atom is 0.137 e. The minimum atomic E-state index is 0.903. The molecular formula is C12H23N3. The summed E-state index contributed by atoms with van der Waals surface area (Å²) in [5, 5.41) is 6.73. The summed E-state index contributed by atoms with van der Waals surface area (Å²) >= 11 is 0. The van der Waals surface area contributed by atoms with Crippen LogP contribution in [0.15, 0.2) is 6.33 Å². The van der Waals surface area contributed by atoms with Crippen LogP contribution in [0.3, 0.4) is 0 Å². The highest BCUT2D eigenvalue weighted by Crippen LogP contribution is 2.14. The number of H-pyrrole nitrogens is 1. The van der Waals surface area contributed by atoms with Gasteiger partial charge in [0.1, 0.15) is 12.2 Å². The van der Waals surface area contributed by atoms with Crippen molar-refractivity contribution in [3.63, 3.8) is 0 Å². The number of hydrogen-bond donors (Lipinski definition) is 1. The van der Waals surface area contributed by atoms with Crippen LogP contribution in [0.1, 0.15) is 58.2 Å². The van der Waals surface area contributed by atoms with E-state index < -0.39 is 0 Å². The molecule has 3 nitrogen and oxygen atoms in total. The average molecular weight is 209 g/mol. The van der Waals surface area contributed by atoms with Crippen molar-refractivity contribution in [3.8, 4) is 0 Å². The van der Waals surface area contributed by atoms with Gasteiger partial charge in [-0.2, -0.15) is 5.10 Å². The van der Waals surface area contributed by atoms with Crippen molar-refractivity contribution < 1.29 is 0 Å². The lowest BCUT2D eigenvalue weighted by molar-refractivity contribution is 0.455. The molecule has 1 unspecified atom stereocenters. The second-order valence-corrected chi connectivity index (χ2v) is 4.43. The van der Waals surface area contributed by atoms with Gasteiger partial charge in [-0.05, 0) is 12.3 Å². The zero-order chi connectivity index (χ0) is 10.9. The van der Waals surface area contributed by atoms with Crippen LogP contribution in [0.25, 0.3) is 0 Å². The molecule has 0 saturated heterocycles. The number of aromatic nitrogens is 3. The van der Waals surface area contributed by atoms with Crippen LogP contribution < -0.4 is 0 Å². The summed E-state index contributed by atoms with van der Waals surface area (Å²) in [7, 11) is 0. The normalized spacial score (nSPS) is 12.9. The summed E-state index contributed by atoms with van der Waals surface area (Å²) in [4.78, 5) is 4.11. The Hall–Kier alpha value is -0.860. The Balaban J connectivity index is 1.93. The second kappa shape index (κ2) is 7.43. The lowest BCUT2D eigenvalue weighted by Gasteiger charge is -2.08. The standard InChI is InChI=1S/C12H23N3/c1-3-7-11(2)8-5-4-6-9-12-13-10-14-15-12/h10-11H,3-9H2,1-2H3,(H,13,14,15). The van der Waals surface area contributed by atoms with E-state index in [2.05, 4.69) is 29.0 Å². The molecule has 0 aliphatic rings. The number of unbranched alkanes of at least 4 members (excludes halogenated alkanes) is 2. The fourth-order valence-corrected chi connectivity index (χ4v) is 1.95. The van der Waals surface area contributed by atoms with E-state index in [1.165, 1.54) is 38.5 Å². The highest BCUT2D eigenvalue weighted by molar-refractivity contribution is 4.79. The molecule has 15 heavy (non-hydrogen) atoms. The van der Waals surface area contributed by atoms with E-state index in [1.54, 1.807) is 6.33 Å². The van der Waals surface area contributed by atoms with Gasteiger partial charge in [0.05, 0.1) is 0 Å². The molecule has 1 aromatic rings. The van der Waals surface area contributed by atoms with Gasteiger partial charge in [0.15, 0.2) is 0 Å². The quantitative estimate of drug-likeness (QED) is 0.667. The molecule has 1 rings (SSSR count). The van der Waals surface area contributed by atoms with Gasteiger partial charge in [-0.25, -0.2) is 4.98 Å².